The highest BCUT2D eigenvalue weighted by atomic mass is 32.2. The highest BCUT2D eigenvalue weighted by molar-refractivity contribution is 7.90. The number of nitrogens with one attached hydrogen (secondary N) is 1. The van der Waals surface area contributed by atoms with E-state index in [2.05, 4.69) is 9.71 Å². The highest BCUT2D eigenvalue weighted by Gasteiger charge is 2.36. The summed E-state index contributed by atoms with van der Waals surface area (Å²) in [6.45, 7) is 0.395. The standard InChI is InChI=1S/C20H19N3O5S/c24-18-12-14(13-23(18)15-6-2-1-3-7-15)20(25)28-11-10-21-19-16-8-4-5-9-17(16)29(26,27)22-19/h1-9,14H,10-13H2,(H,21,22). The van der Waals surface area contributed by atoms with Crippen LogP contribution in [-0.2, 0) is 24.3 Å². The molecule has 2 heterocycles. The van der Waals surface area contributed by atoms with E-state index in [0.717, 1.165) is 5.69 Å². The summed E-state index contributed by atoms with van der Waals surface area (Å²) in [7, 11) is -3.59. The Hall–Kier alpha value is -3.20. The largest absolute Gasteiger partial charge is 0.463 e. The van der Waals surface area contributed by atoms with Crippen molar-refractivity contribution in [3.8, 4) is 0 Å². The molecular weight excluding hydrogens is 394 g/mol. The van der Waals surface area contributed by atoms with E-state index in [-0.39, 0.29) is 42.8 Å². The summed E-state index contributed by atoms with van der Waals surface area (Å²) in [4.78, 5) is 30.5. The summed E-state index contributed by atoms with van der Waals surface area (Å²) in [5.41, 5.74) is 1.25. The van der Waals surface area contributed by atoms with Gasteiger partial charge in [-0.05, 0) is 24.3 Å². The van der Waals surface area contributed by atoms with Crippen LogP contribution in [0.4, 0.5) is 5.69 Å². The minimum Gasteiger partial charge on any atom is -0.463 e. The Bertz CT molecular complexity index is 1080. The van der Waals surface area contributed by atoms with E-state index in [9.17, 15) is 18.0 Å². The topological polar surface area (TPSA) is 105 Å². The molecule has 2 aliphatic rings. The van der Waals surface area contributed by atoms with E-state index in [4.69, 9.17) is 4.74 Å². The van der Waals surface area contributed by atoms with Crippen molar-refractivity contribution in [1.29, 1.82) is 0 Å². The molecule has 150 valence electrons. The predicted molar refractivity (Wildman–Crippen MR) is 106 cm³/mol. The smallest absolute Gasteiger partial charge is 0.311 e. The summed E-state index contributed by atoms with van der Waals surface area (Å²) >= 11 is 0. The third kappa shape index (κ3) is 3.86. The molecule has 4 rings (SSSR count). The highest BCUT2D eigenvalue weighted by Crippen LogP contribution is 2.25. The number of ether oxygens (including phenoxy) is 1. The Morgan fingerprint density at radius 3 is 2.66 bits per heavy atom. The fraction of sp³-hybridized carbons (Fsp3) is 0.250. The molecule has 8 nitrogen and oxygen atoms in total. The number of carbonyl (C=O) groups is 2. The zero-order valence-corrected chi connectivity index (χ0v) is 16.3. The normalized spacial score (nSPS) is 21.1. The van der Waals surface area contributed by atoms with Crippen LogP contribution in [0.25, 0.3) is 0 Å². The van der Waals surface area contributed by atoms with E-state index in [1.807, 2.05) is 30.3 Å². The van der Waals surface area contributed by atoms with Gasteiger partial charge in [-0.2, -0.15) is 0 Å². The second-order valence-corrected chi connectivity index (χ2v) is 8.39. The summed E-state index contributed by atoms with van der Waals surface area (Å²) in [5.74, 6) is -0.858. The number of hydrogen-bond donors (Lipinski definition) is 1. The minimum atomic E-state index is -3.59. The fourth-order valence-electron chi connectivity index (χ4n) is 3.40. The monoisotopic (exact) mass is 413 g/mol. The zero-order valence-electron chi connectivity index (χ0n) is 15.4. The van der Waals surface area contributed by atoms with Gasteiger partial charge >= 0.3 is 5.97 Å². The first-order valence-electron chi connectivity index (χ1n) is 9.14. The van der Waals surface area contributed by atoms with Crippen molar-refractivity contribution in [1.82, 2.24) is 4.72 Å². The molecule has 0 spiro atoms. The van der Waals surface area contributed by atoms with Crippen LogP contribution in [0, 0.1) is 5.92 Å². The van der Waals surface area contributed by atoms with Crippen LogP contribution >= 0.6 is 0 Å². The molecule has 1 atom stereocenters. The molecule has 2 aromatic carbocycles. The van der Waals surface area contributed by atoms with E-state index in [1.54, 1.807) is 23.1 Å². The third-order valence-corrected chi connectivity index (χ3v) is 6.19. The van der Waals surface area contributed by atoms with Crippen LogP contribution in [0.5, 0.6) is 0 Å². The van der Waals surface area contributed by atoms with Gasteiger partial charge in [0.05, 0.1) is 17.4 Å². The molecule has 0 radical (unpaired) electrons. The number of nitrogens with zero attached hydrogens (tertiary/aromatic N) is 2. The lowest BCUT2D eigenvalue weighted by molar-refractivity contribution is -0.148. The number of esters is 1. The molecule has 1 fully saturated rings. The molecule has 2 aromatic rings. The van der Waals surface area contributed by atoms with Crippen molar-refractivity contribution < 1.29 is 22.7 Å². The minimum absolute atomic E-state index is 0.00224. The Morgan fingerprint density at radius 2 is 1.86 bits per heavy atom. The van der Waals surface area contributed by atoms with Crippen LogP contribution in [-0.4, -0.2) is 45.8 Å². The first-order chi connectivity index (χ1) is 14.0. The van der Waals surface area contributed by atoms with E-state index < -0.39 is 21.9 Å². The maximum atomic E-state index is 12.3. The number of hydrogen-bond acceptors (Lipinski definition) is 6. The number of aliphatic imine (C=N–C) groups is 1. The molecule has 29 heavy (non-hydrogen) atoms. The third-order valence-electron chi connectivity index (χ3n) is 4.79. The van der Waals surface area contributed by atoms with E-state index in [0.29, 0.717) is 5.56 Å². The summed E-state index contributed by atoms with van der Waals surface area (Å²) < 4.78 is 31.7. The van der Waals surface area contributed by atoms with Gasteiger partial charge in [-0.3, -0.25) is 19.3 Å². The molecule has 9 heteroatoms. The van der Waals surface area contributed by atoms with Crippen LogP contribution in [0.1, 0.15) is 12.0 Å². The average Bonchev–Trinajstić information content (AvgIpc) is 3.23. The van der Waals surface area contributed by atoms with Gasteiger partial charge in [-0.1, -0.05) is 30.3 Å². The number of fused-ring (bicyclic) bond motifs is 1. The summed E-state index contributed by atoms with van der Waals surface area (Å²) in [6, 6.07) is 15.7. The Labute approximate surface area is 168 Å². The van der Waals surface area contributed by atoms with Crippen LogP contribution in [0.15, 0.2) is 64.5 Å². The Balaban J connectivity index is 1.32. The second kappa shape index (κ2) is 7.67. The summed E-state index contributed by atoms with van der Waals surface area (Å²) in [6.07, 6.45) is 0.107. The van der Waals surface area contributed by atoms with Crippen molar-refractivity contribution >= 4 is 33.4 Å². The van der Waals surface area contributed by atoms with Crippen molar-refractivity contribution in [3.63, 3.8) is 0 Å². The maximum Gasteiger partial charge on any atom is 0.311 e. The average molecular weight is 413 g/mol. The van der Waals surface area contributed by atoms with Gasteiger partial charge in [-0.15, -0.1) is 0 Å². The van der Waals surface area contributed by atoms with E-state index in [1.165, 1.54) is 6.07 Å². The van der Waals surface area contributed by atoms with Gasteiger partial charge in [0.1, 0.15) is 12.4 Å². The lowest BCUT2D eigenvalue weighted by Gasteiger charge is -2.16. The van der Waals surface area contributed by atoms with Crippen LogP contribution in [0.3, 0.4) is 0 Å². The lowest BCUT2D eigenvalue weighted by Crippen LogP contribution is -2.26. The number of amidine groups is 1. The number of benzene rings is 2. The summed E-state index contributed by atoms with van der Waals surface area (Å²) in [5, 5.41) is 0. The van der Waals surface area contributed by atoms with Crippen molar-refractivity contribution in [2.45, 2.75) is 11.3 Å². The number of sulfonamides is 1. The van der Waals surface area contributed by atoms with Crippen LogP contribution < -0.4 is 9.62 Å². The predicted octanol–water partition coefficient (Wildman–Crippen LogP) is 1.32. The molecule has 1 amide bonds. The maximum absolute atomic E-state index is 12.3. The number of para-hydroxylation sites is 1. The molecule has 0 aromatic heterocycles. The van der Waals surface area contributed by atoms with Gasteiger partial charge in [0.15, 0.2) is 0 Å². The zero-order chi connectivity index (χ0) is 20.4. The number of rotatable bonds is 5. The van der Waals surface area contributed by atoms with Crippen LogP contribution in [0.2, 0.25) is 0 Å². The first kappa shape index (κ1) is 19.1. The molecule has 0 aliphatic carbocycles. The Kier molecular flexibility index (Phi) is 5.06. The molecule has 1 unspecified atom stereocenters. The molecule has 2 aliphatic heterocycles. The Morgan fingerprint density at radius 1 is 1.14 bits per heavy atom. The molecule has 1 N–H and O–H groups in total. The van der Waals surface area contributed by atoms with Crippen molar-refractivity contribution in [2.24, 2.45) is 10.9 Å². The molecule has 1 saturated heterocycles. The first-order valence-corrected chi connectivity index (χ1v) is 10.6. The van der Waals surface area contributed by atoms with Crippen molar-refractivity contribution in [3.05, 3.63) is 60.2 Å². The fourth-order valence-corrected chi connectivity index (χ4v) is 4.65. The quantitative estimate of drug-likeness (QED) is 0.588. The number of amides is 1. The number of carbonyl (C=O) groups excluding carboxylic acids is 2. The number of anilines is 1. The second-order valence-electron chi connectivity index (χ2n) is 6.74. The molecule has 0 bridgehead atoms. The molecule has 0 saturated carbocycles. The van der Waals surface area contributed by atoms with E-state index >= 15 is 0 Å². The SMILES string of the molecule is O=C(OCCN=C1NS(=O)(=O)c2ccccc21)C1CC(=O)N(c2ccccc2)C1. The van der Waals surface area contributed by atoms with Gasteiger partial charge < -0.3 is 9.64 Å². The van der Waals surface area contributed by atoms with Gasteiger partial charge in [0, 0.05) is 24.2 Å². The lowest BCUT2D eigenvalue weighted by atomic mass is 10.1. The molecular formula is C20H19N3O5S. The van der Waals surface area contributed by atoms with Gasteiger partial charge in [0.25, 0.3) is 10.0 Å². The van der Waals surface area contributed by atoms with Gasteiger partial charge in [0.2, 0.25) is 5.91 Å². The van der Waals surface area contributed by atoms with Gasteiger partial charge in [-0.25, -0.2) is 8.42 Å². The van der Waals surface area contributed by atoms with Crippen molar-refractivity contribution in [2.75, 3.05) is 24.6 Å².